The standard InChI is InChI=1S/C15H17BrN4O/c16-13-5-3-12(4-6-13)8-15(21)19-7-1-2-14(9-19)20-11-17-10-18-20/h3-6,10-11,14H,1-2,7-9H2/t14-/m1/s1. The summed E-state index contributed by atoms with van der Waals surface area (Å²) in [6.07, 6.45) is 5.79. The van der Waals surface area contributed by atoms with Gasteiger partial charge < -0.3 is 4.90 Å². The van der Waals surface area contributed by atoms with Gasteiger partial charge >= 0.3 is 0 Å². The van der Waals surface area contributed by atoms with Crippen LogP contribution in [0.2, 0.25) is 0 Å². The Kier molecular flexibility index (Phi) is 4.34. The molecule has 0 aliphatic carbocycles. The van der Waals surface area contributed by atoms with E-state index in [2.05, 4.69) is 26.0 Å². The Bertz CT molecular complexity index is 597. The van der Waals surface area contributed by atoms with Crippen LogP contribution in [0.25, 0.3) is 0 Å². The van der Waals surface area contributed by atoms with E-state index in [-0.39, 0.29) is 11.9 Å². The van der Waals surface area contributed by atoms with E-state index in [9.17, 15) is 4.79 Å². The van der Waals surface area contributed by atoms with Crippen molar-refractivity contribution in [2.45, 2.75) is 25.3 Å². The topological polar surface area (TPSA) is 51.0 Å². The minimum absolute atomic E-state index is 0.183. The van der Waals surface area contributed by atoms with Gasteiger partial charge in [-0.1, -0.05) is 28.1 Å². The van der Waals surface area contributed by atoms with Crippen molar-refractivity contribution in [3.8, 4) is 0 Å². The number of amides is 1. The fourth-order valence-electron chi connectivity index (χ4n) is 2.69. The summed E-state index contributed by atoms with van der Waals surface area (Å²) >= 11 is 3.41. The Morgan fingerprint density at radius 2 is 2.14 bits per heavy atom. The SMILES string of the molecule is O=C(Cc1ccc(Br)cc1)N1CCC[C@@H](n2cncn2)C1. The van der Waals surface area contributed by atoms with Crippen LogP contribution < -0.4 is 0 Å². The average Bonchev–Trinajstić information content (AvgIpc) is 3.04. The zero-order valence-corrected chi connectivity index (χ0v) is 13.2. The molecular formula is C15H17BrN4O. The molecule has 0 radical (unpaired) electrons. The zero-order chi connectivity index (χ0) is 14.7. The van der Waals surface area contributed by atoms with Crippen LogP contribution in [-0.2, 0) is 11.2 Å². The summed E-state index contributed by atoms with van der Waals surface area (Å²) in [4.78, 5) is 18.4. The lowest BCUT2D eigenvalue weighted by Gasteiger charge is -2.32. The lowest BCUT2D eigenvalue weighted by atomic mass is 10.0. The molecule has 2 aromatic rings. The van der Waals surface area contributed by atoms with E-state index in [0.717, 1.165) is 36.0 Å². The molecule has 1 aromatic carbocycles. The van der Waals surface area contributed by atoms with Gasteiger partial charge in [-0.3, -0.25) is 4.79 Å². The lowest BCUT2D eigenvalue weighted by Crippen LogP contribution is -2.41. The second-order valence-corrected chi connectivity index (χ2v) is 6.23. The number of halogens is 1. The first-order valence-corrected chi connectivity index (χ1v) is 7.88. The highest BCUT2D eigenvalue weighted by Gasteiger charge is 2.25. The minimum atomic E-state index is 0.183. The monoisotopic (exact) mass is 348 g/mol. The molecule has 5 nitrogen and oxygen atoms in total. The third-order valence-electron chi connectivity index (χ3n) is 3.83. The number of hydrogen-bond acceptors (Lipinski definition) is 3. The Labute approximate surface area is 132 Å². The molecular weight excluding hydrogens is 332 g/mol. The molecule has 1 aromatic heterocycles. The summed E-state index contributed by atoms with van der Waals surface area (Å²) in [6.45, 7) is 1.55. The highest BCUT2D eigenvalue weighted by Crippen LogP contribution is 2.21. The quantitative estimate of drug-likeness (QED) is 0.855. The lowest BCUT2D eigenvalue weighted by molar-refractivity contribution is -0.132. The molecule has 0 saturated carbocycles. The van der Waals surface area contributed by atoms with Crippen LogP contribution in [0, 0.1) is 0 Å². The van der Waals surface area contributed by atoms with Crippen LogP contribution in [0.5, 0.6) is 0 Å². The fourth-order valence-corrected chi connectivity index (χ4v) is 2.96. The first-order chi connectivity index (χ1) is 10.2. The molecule has 2 heterocycles. The summed E-state index contributed by atoms with van der Waals surface area (Å²) in [6, 6.07) is 8.16. The van der Waals surface area contributed by atoms with E-state index in [1.54, 1.807) is 12.7 Å². The molecule has 1 aliphatic rings. The Balaban J connectivity index is 1.63. The van der Waals surface area contributed by atoms with E-state index < -0.39 is 0 Å². The first-order valence-electron chi connectivity index (χ1n) is 7.09. The number of hydrogen-bond donors (Lipinski definition) is 0. The van der Waals surface area contributed by atoms with E-state index in [1.807, 2.05) is 33.8 Å². The predicted molar refractivity (Wildman–Crippen MR) is 82.7 cm³/mol. The van der Waals surface area contributed by atoms with Crippen molar-refractivity contribution in [1.29, 1.82) is 0 Å². The van der Waals surface area contributed by atoms with Crippen LogP contribution >= 0.6 is 15.9 Å². The number of benzene rings is 1. The number of rotatable bonds is 3. The normalized spacial score (nSPS) is 18.7. The van der Waals surface area contributed by atoms with E-state index in [4.69, 9.17) is 0 Å². The van der Waals surface area contributed by atoms with Crippen molar-refractivity contribution < 1.29 is 4.79 Å². The third-order valence-corrected chi connectivity index (χ3v) is 4.36. The molecule has 1 amide bonds. The summed E-state index contributed by atoms with van der Waals surface area (Å²) in [5, 5.41) is 4.19. The number of aromatic nitrogens is 3. The van der Waals surface area contributed by atoms with Crippen molar-refractivity contribution in [2.75, 3.05) is 13.1 Å². The minimum Gasteiger partial charge on any atom is -0.340 e. The number of likely N-dealkylation sites (tertiary alicyclic amines) is 1. The average molecular weight is 349 g/mol. The van der Waals surface area contributed by atoms with Gasteiger partial charge in [0.1, 0.15) is 12.7 Å². The van der Waals surface area contributed by atoms with Gasteiger partial charge in [-0.2, -0.15) is 5.10 Å². The molecule has 1 saturated heterocycles. The number of carbonyl (C=O) groups excluding carboxylic acids is 1. The van der Waals surface area contributed by atoms with Gasteiger partial charge in [0.25, 0.3) is 0 Å². The Morgan fingerprint density at radius 3 is 2.86 bits per heavy atom. The molecule has 21 heavy (non-hydrogen) atoms. The number of carbonyl (C=O) groups is 1. The van der Waals surface area contributed by atoms with E-state index >= 15 is 0 Å². The van der Waals surface area contributed by atoms with Gasteiger partial charge in [0.05, 0.1) is 12.5 Å². The van der Waals surface area contributed by atoms with Crippen molar-refractivity contribution in [2.24, 2.45) is 0 Å². The molecule has 0 unspecified atom stereocenters. The van der Waals surface area contributed by atoms with Crippen molar-refractivity contribution in [3.05, 3.63) is 47.0 Å². The molecule has 0 spiro atoms. The molecule has 0 N–H and O–H groups in total. The second-order valence-electron chi connectivity index (χ2n) is 5.31. The zero-order valence-electron chi connectivity index (χ0n) is 11.7. The van der Waals surface area contributed by atoms with Gasteiger partial charge in [0.15, 0.2) is 0 Å². The van der Waals surface area contributed by atoms with Gasteiger partial charge in [0, 0.05) is 17.6 Å². The largest absolute Gasteiger partial charge is 0.340 e. The number of nitrogens with zero attached hydrogens (tertiary/aromatic N) is 4. The maximum absolute atomic E-state index is 12.4. The molecule has 1 atom stereocenters. The highest BCUT2D eigenvalue weighted by molar-refractivity contribution is 9.10. The van der Waals surface area contributed by atoms with Crippen molar-refractivity contribution >= 4 is 21.8 Å². The molecule has 110 valence electrons. The summed E-state index contributed by atoms with van der Waals surface area (Å²) in [5.41, 5.74) is 1.05. The first kappa shape index (κ1) is 14.3. The van der Waals surface area contributed by atoms with E-state index in [0.29, 0.717) is 6.42 Å². The van der Waals surface area contributed by atoms with Crippen LogP contribution in [-0.4, -0.2) is 38.7 Å². The summed E-state index contributed by atoms with van der Waals surface area (Å²) < 4.78 is 2.89. The molecule has 3 rings (SSSR count). The van der Waals surface area contributed by atoms with Crippen LogP contribution in [0.1, 0.15) is 24.4 Å². The smallest absolute Gasteiger partial charge is 0.227 e. The van der Waals surface area contributed by atoms with Gasteiger partial charge in [-0.05, 0) is 30.5 Å². The maximum Gasteiger partial charge on any atom is 0.227 e. The van der Waals surface area contributed by atoms with Crippen molar-refractivity contribution in [3.63, 3.8) is 0 Å². The number of piperidine rings is 1. The molecule has 6 heteroatoms. The Hall–Kier alpha value is -1.69. The molecule has 1 fully saturated rings. The van der Waals surface area contributed by atoms with Gasteiger partial charge in [-0.15, -0.1) is 0 Å². The van der Waals surface area contributed by atoms with Gasteiger partial charge in [0.2, 0.25) is 5.91 Å². The highest BCUT2D eigenvalue weighted by atomic mass is 79.9. The fraction of sp³-hybridized carbons (Fsp3) is 0.400. The third kappa shape index (κ3) is 3.50. The maximum atomic E-state index is 12.4. The summed E-state index contributed by atoms with van der Waals surface area (Å²) in [5.74, 6) is 0.183. The second kappa shape index (κ2) is 6.39. The molecule has 0 bridgehead atoms. The van der Waals surface area contributed by atoms with Crippen LogP contribution in [0.15, 0.2) is 41.4 Å². The molecule has 1 aliphatic heterocycles. The van der Waals surface area contributed by atoms with E-state index in [1.165, 1.54) is 0 Å². The van der Waals surface area contributed by atoms with Crippen molar-refractivity contribution in [1.82, 2.24) is 19.7 Å². The Morgan fingerprint density at radius 1 is 1.33 bits per heavy atom. The summed E-state index contributed by atoms with van der Waals surface area (Å²) in [7, 11) is 0. The van der Waals surface area contributed by atoms with Gasteiger partial charge in [-0.25, -0.2) is 9.67 Å². The predicted octanol–water partition coefficient (Wildman–Crippen LogP) is 2.45. The van der Waals surface area contributed by atoms with Crippen LogP contribution in [0.3, 0.4) is 0 Å². The van der Waals surface area contributed by atoms with Crippen LogP contribution in [0.4, 0.5) is 0 Å².